The van der Waals surface area contributed by atoms with E-state index in [0.717, 1.165) is 16.9 Å². The highest BCUT2D eigenvalue weighted by atomic mass is 32.1. The number of aromatic carboxylic acids is 1. The van der Waals surface area contributed by atoms with Crippen molar-refractivity contribution in [1.29, 1.82) is 0 Å². The van der Waals surface area contributed by atoms with Gasteiger partial charge < -0.3 is 15.2 Å². The van der Waals surface area contributed by atoms with Gasteiger partial charge in [-0.15, -0.1) is 11.3 Å². The van der Waals surface area contributed by atoms with Crippen molar-refractivity contribution < 1.29 is 28.6 Å². The largest absolute Gasteiger partial charge is 0.477 e. The quantitative estimate of drug-likeness (QED) is 0.600. The molecule has 0 saturated carbocycles. The van der Waals surface area contributed by atoms with Crippen molar-refractivity contribution in [1.82, 2.24) is 0 Å². The molecule has 0 bridgehead atoms. The molecule has 0 saturated heterocycles. The van der Waals surface area contributed by atoms with E-state index in [9.17, 15) is 23.9 Å². The third-order valence-corrected chi connectivity index (χ3v) is 6.24. The number of amides is 1. The Morgan fingerprint density at radius 2 is 1.93 bits per heavy atom. The number of rotatable bonds is 4. The van der Waals surface area contributed by atoms with Gasteiger partial charge in [0.1, 0.15) is 10.7 Å². The number of carboxylic acid groups (broad SMARTS) is 1. The zero-order valence-electron chi connectivity index (χ0n) is 15.8. The summed E-state index contributed by atoms with van der Waals surface area (Å²) in [6.07, 6.45) is 0.132. The van der Waals surface area contributed by atoms with E-state index >= 15 is 0 Å². The maximum absolute atomic E-state index is 13.8. The number of hydrogen-bond acceptors (Lipinski definition) is 5. The summed E-state index contributed by atoms with van der Waals surface area (Å²) in [5, 5.41) is 12.5. The van der Waals surface area contributed by atoms with Crippen LogP contribution in [0.5, 0.6) is 0 Å². The predicted octanol–water partition coefficient (Wildman–Crippen LogP) is 4.51. The van der Waals surface area contributed by atoms with E-state index < -0.39 is 17.8 Å². The Morgan fingerprint density at radius 1 is 1.20 bits per heavy atom. The molecule has 2 heterocycles. The highest BCUT2D eigenvalue weighted by molar-refractivity contribution is 7.15. The summed E-state index contributed by atoms with van der Waals surface area (Å²) in [7, 11) is 1.29. The summed E-state index contributed by atoms with van der Waals surface area (Å²) in [6.45, 7) is 0. The molecule has 8 heteroatoms. The first kappa shape index (κ1) is 19.8. The Labute approximate surface area is 174 Å². The second-order valence-corrected chi connectivity index (χ2v) is 7.83. The van der Waals surface area contributed by atoms with Crippen molar-refractivity contribution in [2.75, 3.05) is 12.4 Å². The van der Waals surface area contributed by atoms with Crippen LogP contribution < -0.4 is 5.32 Å². The fraction of sp³-hybridized carbons (Fsp3) is 0.136. The van der Waals surface area contributed by atoms with Crippen LogP contribution in [0.15, 0.2) is 48.5 Å². The number of halogens is 1. The van der Waals surface area contributed by atoms with Crippen LogP contribution in [0.3, 0.4) is 0 Å². The molecule has 2 N–H and O–H groups in total. The Bertz CT molecular complexity index is 1170. The lowest BCUT2D eigenvalue weighted by molar-refractivity contribution is -0.116. The van der Waals surface area contributed by atoms with E-state index in [0.29, 0.717) is 27.3 Å². The van der Waals surface area contributed by atoms with Crippen LogP contribution in [0, 0.1) is 5.82 Å². The molecule has 0 aliphatic carbocycles. The van der Waals surface area contributed by atoms with E-state index in [1.54, 1.807) is 30.3 Å². The molecule has 0 spiro atoms. The summed E-state index contributed by atoms with van der Waals surface area (Å²) in [4.78, 5) is 36.8. The standard InChI is InChI=1S/C22H16FNO5S/c1-29-22(28)12-7-5-11(6-8-12)15-10-16(25)24-18-17(13-3-2-4-14(23)9-13)20(21(26)27)30-19(15)18/h2-9,15H,10H2,1H3,(H,24,25)(H,26,27)/t15-/m0/s1. The number of thiophene rings is 1. The van der Waals surface area contributed by atoms with Crippen molar-refractivity contribution >= 4 is 34.9 Å². The fourth-order valence-corrected chi connectivity index (χ4v) is 4.84. The summed E-state index contributed by atoms with van der Waals surface area (Å²) < 4.78 is 18.5. The molecule has 6 nitrogen and oxygen atoms in total. The van der Waals surface area contributed by atoms with E-state index in [2.05, 4.69) is 5.32 Å². The van der Waals surface area contributed by atoms with E-state index in [1.807, 2.05) is 0 Å². The van der Waals surface area contributed by atoms with E-state index in [1.165, 1.54) is 25.3 Å². The average molecular weight is 425 g/mol. The van der Waals surface area contributed by atoms with Crippen LogP contribution in [0.25, 0.3) is 11.1 Å². The zero-order chi connectivity index (χ0) is 21.4. The molecule has 2 aromatic carbocycles. The van der Waals surface area contributed by atoms with Crippen LogP contribution in [-0.2, 0) is 9.53 Å². The number of esters is 1. The van der Waals surface area contributed by atoms with E-state index in [4.69, 9.17) is 4.74 Å². The minimum Gasteiger partial charge on any atom is -0.477 e. The molecular formula is C22H16FNO5S. The molecule has 0 fully saturated rings. The molecule has 0 unspecified atom stereocenters. The molecule has 4 rings (SSSR count). The Kier molecular flexibility index (Phi) is 5.09. The predicted molar refractivity (Wildman–Crippen MR) is 110 cm³/mol. The lowest BCUT2D eigenvalue weighted by Crippen LogP contribution is -2.22. The number of benzene rings is 2. The molecule has 1 amide bonds. The number of ether oxygens (including phenoxy) is 1. The van der Waals surface area contributed by atoms with Gasteiger partial charge in [-0.25, -0.2) is 14.0 Å². The van der Waals surface area contributed by atoms with Gasteiger partial charge in [-0.05, 0) is 35.4 Å². The van der Waals surface area contributed by atoms with Crippen molar-refractivity contribution in [3.8, 4) is 11.1 Å². The third kappa shape index (κ3) is 3.46. The van der Waals surface area contributed by atoms with Crippen LogP contribution >= 0.6 is 11.3 Å². The van der Waals surface area contributed by atoms with Crippen molar-refractivity contribution in [3.05, 3.63) is 75.2 Å². The number of methoxy groups -OCH3 is 1. The molecule has 1 aliphatic rings. The maximum atomic E-state index is 13.8. The summed E-state index contributed by atoms with van der Waals surface area (Å²) >= 11 is 1.06. The minimum atomic E-state index is -1.15. The first-order valence-corrected chi connectivity index (χ1v) is 9.84. The van der Waals surface area contributed by atoms with Gasteiger partial charge in [0.25, 0.3) is 0 Å². The third-order valence-electron chi connectivity index (χ3n) is 4.95. The SMILES string of the molecule is COC(=O)c1ccc([C@@H]2CC(=O)Nc3c2sc(C(=O)O)c3-c2cccc(F)c2)cc1. The van der Waals surface area contributed by atoms with Gasteiger partial charge in [0.15, 0.2) is 0 Å². The molecule has 0 radical (unpaired) electrons. The van der Waals surface area contributed by atoms with Crippen molar-refractivity contribution in [3.63, 3.8) is 0 Å². The van der Waals surface area contributed by atoms with Crippen LogP contribution in [0.1, 0.15) is 42.8 Å². The zero-order valence-corrected chi connectivity index (χ0v) is 16.6. The summed E-state index contributed by atoms with van der Waals surface area (Å²) in [5.74, 6) is -2.77. The molecule has 3 aromatic rings. The highest BCUT2D eigenvalue weighted by Gasteiger charge is 2.34. The first-order valence-electron chi connectivity index (χ1n) is 9.03. The first-order chi connectivity index (χ1) is 14.4. The fourth-order valence-electron chi connectivity index (χ4n) is 3.60. The molecule has 1 aromatic heterocycles. The molecule has 30 heavy (non-hydrogen) atoms. The van der Waals surface area contributed by atoms with Gasteiger partial charge >= 0.3 is 11.9 Å². The van der Waals surface area contributed by atoms with Gasteiger partial charge in [-0.3, -0.25) is 4.79 Å². The van der Waals surface area contributed by atoms with Gasteiger partial charge in [-0.1, -0.05) is 24.3 Å². The molecular weight excluding hydrogens is 409 g/mol. The smallest absolute Gasteiger partial charge is 0.346 e. The monoisotopic (exact) mass is 425 g/mol. The van der Waals surface area contributed by atoms with Gasteiger partial charge in [0.2, 0.25) is 5.91 Å². The Hall–Kier alpha value is -3.52. The summed E-state index contributed by atoms with van der Waals surface area (Å²) in [6, 6.07) is 12.3. The summed E-state index contributed by atoms with van der Waals surface area (Å²) in [5.41, 5.74) is 2.21. The second kappa shape index (κ2) is 7.72. The molecule has 1 atom stereocenters. The number of carboxylic acids is 1. The molecule has 1 aliphatic heterocycles. The van der Waals surface area contributed by atoms with Crippen LogP contribution in [-0.4, -0.2) is 30.1 Å². The lowest BCUT2D eigenvalue weighted by Gasteiger charge is -2.24. The minimum absolute atomic E-state index is 0.0315. The van der Waals surface area contributed by atoms with Crippen LogP contribution in [0.2, 0.25) is 0 Å². The Morgan fingerprint density at radius 3 is 2.57 bits per heavy atom. The topological polar surface area (TPSA) is 92.7 Å². The van der Waals surface area contributed by atoms with Gasteiger partial charge in [0.05, 0.1) is 18.4 Å². The number of carbonyl (C=O) groups excluding carboxylic acids is 2. The number of nitrogens with one attached hydrogen (secondary N) is 1. The number of fused-ring (bicyclic) bond motifs is 1. The lowest BCUT2D eigenvalue weighted by atomic mass is 9.88. The normalized spacial score (nSPS) is 15.3. The van der Waals surface area contributed by atoms with Crippen molar-refractivity contribution in [2.45, 2.75) is 12.3 Å². The maximum Gasteiger partial charge on any atom is 0.346 e. The van der Waals surface area contributed by atoms with Crippen LogP contribution in [0.4, 0.5) is 10.1 Å². The van der Waals surface area contributed by atoms with Crippen molar-refractivity contribution in [2.24, 2.45) is 0 Å². The number of hydrogen-bond donors (Lipinski definition) is 2. The van der Waals surface area contributed by atoms with Gasteiger partial charge in [-0.2, -0.15) is 0 Å². The van der Waals surface area contributed by atoms with Gasteiger partial charge in [0, 0.05) is 22.8 Å². The molecule has 152 valence electrons. The van der Waals surface area contributed by atoms with E-state index in [-0.39, 0.29) is 23.1 Å². The average Bonchev–Trinajstić information content (AvgIpc) is 3.12. The second-order valence-electron chi connectivity index (χ2n) is 6.78. The Balaban J connectivity index is 1.86. The highest BCUT2D eigenvalue weighted by Crippen LogP contribution is 2.49. The number of carbonyl (C=O) groups is 3. The number of anilines is 1.